The molecule has 0 spiro atoms. The van der Waals surface area contributed by atoms with Crippen molar-refractivity contribution in [3.05, 3.63) is 55.1 Å². The molecule has 2 unspecified atom stereocenters. The molecule has 10 heteroatoms. The summed E-state index contributed by atoms with van der Waals surface area (Å²) < 4.78 is 1.80. The number of aryl methyl sites for hydroxylation is 1. The number of aromatic nitrogens is 3. The predicted molar refractivity (Wildman–Crippen MR) is 163 cm³/mol. The summed E-state index contributed by atoms with van der Waals surface area (Å²) >= 11 is 0. The molecule has 3 heterocycles. The van der Waals surface area contributed by atoms with Gasteiger partial charge in [0.2, 0.25) is 0 Å². The number of allylic oxidation sites excluding steroid dienone is 1. The van der Waals surface area contributed by atoms with Gasteiger partial charge in [-0.05, 0) is 54.5 Å². The number of hydrogen-bond donors (Lipinski definition) is 1. The molecule has 0 saturated carbocycles. The van der Waals surface area contributed by atoms with E-state index in [-0.39, 0.29) is 5.92 Å². The van der Waals surface area contributed by atoms with Gasteiger partial charge >= 0.3 is 0 Å². The minimum Gasteiger partial charge on any atom is -0.344 e. The van der Waals surface area contributed by atoms with E-state index in [0.29, 0.717) is 13.1 Å². The molecule has 3 aromatic rings. The Balaban J connectivity index is 1.45. The molecule has 0 amide bonds. The van der Waals surface area contributed by atoms with Crippen molar-refractivity contribution in [1.29, 1.82) is 0 Å². The molecule has 186 valence electrons. The lowest BCUT2D eigenvalue weighted by molar-refractivity contribution is 0.0701. The first-order valence-electron chi connectivity index (χ1n) is 13.1. The van der Waals surface area contributed by atoms with Gasteiger partial charge in [-0.3, -0.25) is 4.68 Å². The summed E-state index contributed by atoms with van der Waals surface area (Å²) in [6.07, 6.45) is 7.46. The Labute approximate surface area is 234 Å². The van der Waals surface area contributed by atoms with Crippen LogP contribution in [0.3, 0.4) is 0 Å². The Bertz CT molecular complexity index is 1300. The predicted octanol–water partition coefficient (Wildman–Crippen LogP) is 4.32. The highest BCUT2D eigenvalue weighted by atomic mass is 15.2. The maximum atomic E-state index is 6.90. The van der Waals surface area contributed by atoms with Crippen molar-refractivity contribution in [2.24, 2.45) is 13.0 Å². The average Bonchev–Trinajstić information content (AvgIpc) is 3.28. The van der Waals surface area contributed by atoms with Gasteiger partial charge in [-0.25, -0.2) is 4.98 Å². The zero-order chi connectivity index (χ0) is 28.1. The molecule has 1 aliphatic heterocycles. The van der Waals surface area contributed by atoms with Crippen LogP contribution in [0.25, 0.3) is 21.9 Å². The number of nitrogens with zero attached hydrogens (tertiary/aromatic N) is 4. The lowest BCUT2D eigenvalue weighted by Crippen LogP contribution is -2.64. The molecular formula is C28H34B5N5. The number of likely N-dealkylation sites (tertiary alicyclic amines) is 1. The molecule has 1 N–H and O–H groups in total. The van der Waals surface area contributed by atoms with Gasteiger partial charge in [-0.2, -0.15) is 5.10 Å². The SMILES string of the molecule is [B]C([B])(C)C([B])(C([B])(C)C)C([B])(C)N1CCC(C(=C)Nc2cc3cc(-c4cnn(C)c4)ccc3cn2)CC1. The molecule has 1 fully saturated rings. The van der Waals surface area contributed by atoms with Crippen molar-refractivity contribution >= 4 is 55.8 Å². The lowest BCUT2D eigenvalue weighted by Gasteiger charge is -2.66. The van der Waals surface area contributed by atoms with Crippen LogP contribution < -0.4 is 5.32 Å². The van der Waals surface area contributed by atoms with Crippen molar-refractivity contribution in [3.63, 3.8) is 0 Å². The van der Waals surface area contributed by atoms with E-state index >= 15 is 0 Å². The minimum absolute atomic E-state index is 0.251. The van der Waals surface area contributed by atoms with Crippen molar-refractivity contribution in [2.75, 3.05) is 18.4 Å². The van der Waals surface area contributed by atoms with Crippen molar-refractivity contribution in [1.82, 2.24) is 19.7 Å². The van der Waals surface area contributed by atoms with Crippen LogP contribution in [-0.4, -0.2) is 77.4 Å². The normalized spacial score (nSPS) is 19.1. The monoisotopic (exact) mass is 495 g/mol. The molecule has 5 nitrogen and oxygen atoms in total. The smallest absolute Gasteiger partial charge is 0.130 e. The van der Waals surface area contributed by atoms with E-state index in [1.54, 1.807) is 11.6 Å². The number of hydrogen-bond acceptors (Lipinski definition) is 4. The highest BCUT2D eigenvalue weighted by molar-refractivity contribution is 6.48. The van der Waals surface area contributed by atoms with E-state index in [9.17, 15) is 0 Å². The highest BCUT2D eigenvalue weighted by Gasteiger charge is 2.55. The van der Waals surface area contributed by atoms with E-state index in [1.165, 1.54) is 0 Å². The van der Waals surface area contributed by atoms with Crippen LogP contribution in [0.2, 0.25) is 15.8 Å². The van der Waals surface area contributed by atoms with Crippen molar-refractivity contribution in [3.8, 4) is 11.1 Å². The summed E-state index contributed by atoms with van der Waals surface area (Å²) in [7, 11) is 34.9. The van der Waals surface area contributed by atoms with E-state index < -0.39 is 21.3 Å². The van der Waals surface area contributed by atoms with E-state index in [1.807, 2.05) is 46.4 Å². The molecule has 1 saturated heterocycles. The molecule has 2 aromatic heterocycles. The van der Waals surface area contributed by atoms with Crippen LogP contribution in [0.1, 0.15) is 40.5 Å². The first kappa shape index (κ1) is 28.7. The number of benzene rings is 1. The lowest BCUT2D eigenvalue weighted by atomic mass is 9.22. The standard InChI is InChI=1S/C28H34B5N5/c1-18(19-9-11-38(12-10-19)27(5,32)28(33,25(2,3)29)26(4,30)31)36-24-14-22-13-20(7-8-21(22)15-34-24)23-16-35-37(6)17-23/h7-8,13-17,19H,1,9-12H2,2-6H3,(H,34,36). The summed E-state index contributed by atoms with van der Waals surface area (Å²) in [6, 6.07) is 8.38. The van der Waals surface area contributed by atoms with Gasteiger partial charge in [-0.15, -0.1) is 5.21 Å². The number of rotatable bonds is 8. The Kier molecular flexibility index (Phi) is 7.55. The summed E-state index contributed by atoms with van der Waals surface area (Å²) in [5.41, 5.74) is 2.09. The minimum atomic E-state index is -1.30. The fourth-order valence-electron chi connectivity index (χ4n) is 6.06. The zero-order valence-electron chi connectivity index (χ0n) is 23.3. The van der Waals surface area contributed by atoms with Gasteiger partial charge in [0.1, 0.15) is 5.82 Å². The van der Waals surface area contributed by atoms with Crippen LogP contribution in [0.15, 0.2) is 55.1 Å². The molecule has 10 radical (unpaired) electrons. The largest absolute Gasteiger partial charge is 0.344 e. The number of pyridine rings is 1. The molecule has 1 aromatic carbocycles. The van der Waals surface area contributed by atoms with Crippen LogP contribution in [0.5, 0.6) is 0 Å². The maximum absolute atomic E-state index is 6.90. The number of fused-ring (bicyclic) bond motifs is 1. The van der Waals surface area contributed by atoms with Crippen LogP contribution >= 0.6 is 0 Å². The van der Waals surface area contributed by atoms with Crippen molar-refractivity contribution in [2.45, 2.75) is 61.8 Å². The third-order valence-electron chi connectivity index (χ3n) is 8.36. The summed E-state index contributed by atoms with van der Waals surface area (Å²) in [5.74, 6) is 1.02. The molecular weight excluding hydrogens is 460 g/mol. The summed E-state index contributed by atoms with van der Waals surface area (Å²) in [4.78, 5) is 6.76. The molecule has 0 aliphatic carbocycles. The second kappa shape index (κ2) is 10.0. The van der Waals surface area contributed by atoms with E-state index in [4.69, 9.17) is 39.2 Å². The average molecular weight is 495 g/mol. The molecule has 2 atom stereocenters. The van der Waals surface area contributed by atoms with E-state index in [0.717, 1.165) is 46.3 Å². The summed E-state index contributed by atoms with van der Waals surface area (Å²) in [6.45, 7) is 13.0. The van der Waals surface area contributed by atoms with Gasteiger partial charge in [-0.1, -0.05) is 57.0 Å². The maximum Gasteiger partial charge on any atom is 0.130 e. The van der Waals surface area contributed by atoms with Crippen LogP contribution in [0, 0.1) is 5.92 Å². The quantitative estimate of drug-likeness (QED) is 0.474. The highest BCUT2D eigenvalue weighted by Crippen LogP contribution is 2.66. The van der Waals surface area contributed by atoms with Gasteiger partial charge in [0.25, 0.3) is 0 Å². The topological polar surface area (TPSA) is 46.0 Å². The third kappa shape index (κ3) is 5.13. The Morgan fingerprint density at radius 1 is 0.947 bits per heavy atom. The van der Waals surface area contributed by atoms with Gasteiger partial charge in [0, 0.05) is 42.0 Å². The molecule has 4 rings (SSSR count). The Hall–Kier alpha value is -2.34. The Morgan fingerprint density at radius 2 is 1.61 bits per heavy atom. The fourth-order valence-corrected chi connectivity index (χ4v) is 6.06. The second-order valence-electron chi connectivity index (χ2n) is 11.9. The van der Waals surface area contributed by atoms with Gasteiger partial charge < -0.3 is 10.2 Å². The fraction of sp³-hybridized carbons (Fsp3) is 0.500. The number of anilines is 1. The number of piperidine rings is 1. The van der Waals surface area contributed by atoms with Crippen molar-refractivity contribution < 1.29 is 0 Å². The van der Waals surface area contributed by atoms with Crippen LogP contribution in [0.4, 0.5) is 5.82 Å². The Morgan fingerprint density at radius 3 is 2.16 bits per heavy atom. The zero-order valence-corrected chi connectivity index (χ0v) is 23.3. The first-order valence-corrected chi connectivity index (χ1v) is 13.1. The second-order valence-corrected chi connectivity index (χ2v) is 11.9. The molecule has 1 aliphatic rings. The first-order chi connectivity index (χ1) is 17.5. The van der Waals surface area contributed by atoms with E-state index in [2.05, 4.69) is 51.1 Å². The summed E-state index contributed by atoms with van der Waals surface area (Å²) in [5, 5.41) is 6.41. The van der Waals surface area contributed by atoms with Gasteiger partial charge in [0.05, 0.1) is 45.4 Å². The number of nitrogens with one attached hydrogen (secondary N) is 1. The third-order valence-corrected chi connectivity index (χ3v) is 8.36. The van der Waals surface area contributed by atoms with Crippen LogP contribution in [-0.2, 0) is 7.05 Å². The molecule has 38 heavy (non-hydrogen) atoms. The molecule has 0 bridgehead atoms. The van der Waals surface area contributed by atoms with Gasteiger partial charge in [0.15, 0.2) is 0 Å².